The van der Waals surface area contributed by atoms with Crippen molar-refractivity contribution in [3.05, 3.63) is 0 Å². The number of carbonyl (C=O) groups excluding carboxylic acids is 12. The molecule has 24 nitrogen and oxygen atoms in total. The summed E-state index contributed by atoms with van der Waals surface area (Å²) in [6, 6.07) is -8.02. The molecule has 7 fully saturated rings. The maximum atomic E-state index is 15.7. The fourth-order valence-corrected chi connectivity index (χ4v) is 15.8. The van der Waals surface area contributed by atoms with E-state index in [-0.39, 0.29) is 50.0 Å². The Bertz CT molecular complexity index is 2690. The van der Waals surface area contributed by atoms with E-state index < -0.39 is 157 Å². The van der Waals surface area contributed by atoms with Gasteiger partial charge in [0.15, 0.2) is 0 Å². The zero-order valence-electron chi connectivity index (χ0n) is 58.3. The zero-order chi connectivity index (χ0) is 68.7. The third-order valence-corrected chi connectivity index (χ3v) is 22.4. The Balaban J connectivity index is 1.24. The number of fused-ring (bicyclic) bond motifs is 1. The van der Waals surface area contributed by atoms with Crippen LogP contribution in [0.1, 0.15) is 201 Å². The largest absolute Gasteiger partial charge is 0.343 e. The molecule has 0 aromatic carbocycles. The SMILES string of the molecule is CC[C@H](C)[C@@H]1NC(=O)[C@H](C)N(C)C(=O)C[C@@H](C(=O)N2CCCCC2)N(C)C(=O)[C@H](C2CCCCC2)N(C)C(=O)C2(CCCC2)NC(=O)[C@@H]2CCCN2C(=O)[C@H](CCC2CCC(F)CC2)NC(=O)CN(C)C(=O)[C@H](CC2CCCCC2)N(C)C(=O)CN(C)C(=O)CN(C)C1=O. The number of nitrogens with one attached hydrogen (secondary N) is 3. The molecule has 94 heavy (non-hydrogen) atoms. The minimum atomic E-state index is -1.47. The number of rotatable bonds is 9. The van der Waals surface area contributed by atoms with Crippen molar-refractivity contribution in [2.24, 2.45) is 23.7 Å². The molecular formula is C69H113FN12O12. The Morgan fingerprint density at radius 2 is 1.15 bits per heavy atom. The van der Waals surface area contributed by atoms with Gasteiger partial charge in [0.25, 0.3) is 0 Å². The molecule has 3 aliphatic heterocycles. The fourth-order valence-electron chi connectivity index (χ4n) is 15.8. The molecule has 25 heteroatoms. The number of amides is 12. The quantitative estimate of drug-likeness (QED) is 0.290. The van der Waals surface area contributed by atoms with Gasteiger partial charge < -0.3 is 60.0 Å². The van der Waals surface area contributed by atoms with Gasteiger partial charge in [-0.2, -0.15) is 0 Å². The molecule has 7 aliphatic rings. The summed E-state index contributed by atoms with van der Waals surface area (Å²) in [6.45, 7) is 4.68. The molecule has 12 amide bonds. The highest BCUT2D eigenvalue weighted by atomic mass is 19.1. The van der Waals surface area contributed by atoms with E-state index in [0.29, 0.717) is 90.1 Å². The maximum absolute atomic E-state index is 15.7. The van der Waals surface area contributed by atoms with Gasteiger partial charge in [-0.15, -0.1) is 0 Å². The summed E-state index contributed by atoms with van der Waals surface area (Å²) >= 11 is 0. The molecule has 528 valence electrons. The van der Waals surface area contributed by atoms with Gasteiger partial charge in [-0.25, -0.2) is 4.39 Å². The van der Waals surface area contributed by atoms with Crippen molar-refractivity contribution < 1.29 is 61.9 Å². The number of alkyl halides is 1. The van der Waals surface area contributed by atoms with Crippen molar-refractivity contribution in [2.45, 2.75) is 255 Å². The summed E-state index contributed by atoms with van der Waals surface area (Å²) in [6.07, 6.45) is 15.0. The molecule has 0 unspecified atom stereocenters. The molecule has 4 aliphatic carbocycles. The first-order valence-corrected chi connectivity index (χ1v) is 35.6. The predicted molar refractivity (Wildman–Crippen MR) is 351 cm³/mol. The van der Waals surface area contributed by atoms with E-state index in [4.69, 9.17) is 0 Å². The van der Waals surface area contributed by atoms with Crippen molar-refractivity contribution in [3.63, 3.8) is 0 Å². The normalized spacial score (nSPS) is 30.2. The smallest absolute Gasteiger partial charge is 0.248 e. The van der Waals surface area contributed by atoms with Gasteiger partial charge >= 0.3 is 0 Å². The van der Waals surface area contributed by atoms with E-state index >= 15 is 19.2 Å². The molecule has 3 heterocycles. The van der Waals surface area contributed by atoms with Gasteiger partial charge in [-0.05, 0) is 133 Å². The third-order valence-electron chi connectivity index (χ3n) is 22.4. The lowest BCUT2D eigenvalue weighted by Gasteiger charge is -2.43. The van der Waals surface area contributed by atoms with Crippen molar-refractivity contribution in [3.8, 4) is 0 Å². The monoisotopic (exact) mass is 1320 g/mol. The summed E-state index contributed by atoms with van der Waals surface area (Å²) in [5.41, 5.74) is -1.47. The van der Waals surface area contributed by atoms with Crippen LogP contribution in [0.2, 0.25) is 0 Å². The van der Waals surface area contributed by atoms with Gasteiger partial charge in [-0.1, -0.05) is 84.5 Å². The second kappa shape index (κ2) is 34.5. The lowest BCUT2D eigenvalue weighted by atomic mass is 9.81. The molecule has 7 rings (SSSR count). The molecule has 0 radical (unpaired) electrons. The summed E-state index contributed by atoms with van der Waals surface area (Å²) < 4.78 is 14.4. The highest BCUT2D eigenvalue weighted by molar-refractivity contribution is 6.00. The van der Waals surface area contributed by atoms with Crippen LogP contribution in [0.15, 0.2) is 0 Å². The second-order valence-electron chi connectivity index (χ2n) is 29.0. The first-order valence-electron chi connectivity index (χ1n) is 35.6. The van der Waals surface area contributed by atoms with Crippen LogP contribution in [-0.2, 0) is 57.5 Å². The van der Waals surface area contributed by atoms with Crippen LogP contribution in [0.5, 0.6) is 0 Å². The third kappa shape index (κ3) is 18.8. The highest BCUT2D eigenvalue weighted by Crippen LogP contribution is 2.38. The summed E-state index contributed by atoms with van der Waals surface area (Å²) in [7, 11) is 10.3. The first-order chi connectivity index (χ1) is 44.7. The minimum Gasteiger partial charge on any atom is -0.343 e. The Morgan fingerprint density at radius 1 is 0.553 bits per heavy atom. The fraction of sp³-hybridized carbons (Fsp3) is 0.826. The number of hydrogen-bond donors (Lipinski definition) is 3. The standard InChI is InChI=1S/C69H113FN12O12/c1-11-45(2)59-66(92)76(6)43-57(85)74(4)44-58(86)78(8)53(40-48-24-15-12-16-25-48)64(90)75(5)42-55(83)71-51(34-31-47-29-32-50(70)33-30-47)63(89)82-39-23-28-52(82)62(88)73-69(35-19-20-36-69)68(94)80(10)60(49-26-17-13-18-27-49)67(93)79(9)54(65(91)81-37-21-14-22-38-81)41-56(84)77(7)46(3)61(87)72-59/h45-54,59-60H,11-44H2,1-10H3,(H,71,83)(H,72,87)(H,73,88)/t45-,46-,47?,50?,51-,52-,53-,54-,59-,60-/m0/s1. The van der Waals surface area contributed by atoms with Gasteiger partial charge in [0.05, 0.1) is 26.1 Å². The number of hydrogen-bond acceptors (Lipinski definition) is 12. The van der Waals surface area contributed by atoms with E-state index in [9.17, 15) is 42.7 Å². The summed E-state index contributed by atoms with van der Waals surface area (Å²) in [5.74, 6) is -7.42. The number of piperidine rings is 1. The van der Waals surface area contributed by atoms with Crippen LogP contribution in [0.4, 0.5) is 4.39 Å². The zero-order valence-corrected chi connectivity index (χ0v) is 58.3. The van der Waals surface area contributed by atoms with Crippen LogP contribution in [0, 0.1) is 23.7 Å². The number of likely N-dealkylation sites (N-methyl/N-ethyl adjacent to an activating group) is 7. The molecule has 0 aromatic heterocycles. The van der Waals surface area contributed by atoms with Gasteiger partial charge in [-0.3, -0.25) is 57.5 Å². The van der Waals surface area contributed by atoms with E-state index in [0.717, 1.165) is 75.5 Å². The Morgan fingerprint density at radius 3 is 1.78 bits per heavy atom. The average Bonchev–Trinajstić information content (AvgIpc) is 1.15. The molecular weight excluding hydrogens is 1210 g/mol. The lowest BCUT2D eigenvalue weighted by Crippen LogP contribution is -2.65. The van der Waals surface area contributed by atoms with Crippen LogP contribution in [0.25, 0.3) is 0 Å². The lowest BCUT2D eigenvalue weighted by molar-refractivity contribution is -0.157. The first kappa shape index (κ1) is 75.0. The van der Waals surface area contributed by atoms with E-state index in [1.54, 1.807) is 18.9 Å². The summed E-state index contributed by atoms with van der Waals surface area (Å²) in [4.78, 5) is 189. The van der Waals surface area contributed by atoms with Gasteiger partial charge in [0.2, 0.25) is 70.9 Å². The van der Waals surface area contributed by atoms with Crippen LogP contribution in [-0.4, -0.2) is 258 Å². The summed E-state index contributed by atoms with van der Waals surface area (Å²) in [5, 5.41) is 8.92. The molecule has 0 aromatic rings. The van der Waals surface area contributed by atoms with Crippen LogP contribution in [0.3, 0.4) is 0 Å². The van der Waals surface area contributed by atoms with Gasteiger partial charge in [0.1, 0.15) is 54.0 Å². The Labute approximate surface area is 557 Å². The molecule has 8 atom stereocenters. The topological polar surface area (TPSA) is 270 Å². The van der Waals surface area contributed by atoms with Crippen molar-refractivity contribution in [1.82, 2.24) is 60.0 Å². The molecule has 0 bridgehead atoms. The average molecular weight is 1320 g/mol. The number of carbonyl (C=O) groups is 12. The number of halogens is 1. The minimum absolute atomic E-state index is 0.0852. The highest BCUT2D eigenvalue weighted by Gasteiger charge is 2.51. The van der Waals surface area contributed by atoms with Crippen molar-refractivity contribution in [1.29, 1.82) is 0 Å². The maximum Gasteiger partial charge on any atom is 0.248 e. The Kier molecular flexibility index (Phi) is 27.5. The van der Waals surface area contributed by atoms with E-state index in [1.807, 2.05) is 6.92 Å². The Hall–Kier alpha value is -6.43. The van der Waals surface area contributed by atoms with Crippen LogP contribution >= 0.6 is 0 Å². The van der Waals surface area contributed by atoms with Crippen molar-refractivity contribution >= 4 is 70.9 Å². The second-order valence-corrected chi connectivity index (χ2v) is 29.0. The molecule has 4 saturated carbocycles. The molecule has 3 N–H and O–H groups in total. The predicted octanol–water partition coefficient (Wildman–Crippen LogP) is 4.40. The number of nitrogens with zero attached hydrogens (tertiary/aromatic N) is 9. The van der Waals surface area contributed by atoms with Crippen molar-refractivity contribution in [2.75, 3.05) is 88.6 Å². The number of likely N-dealkylation sites (tertiary alicyclic amines) is 1. The van der Waals surface area contributed by atoms with Gasteiger partial charge in [0, 0.05) is 69.0 Å². The van der Waals surface area contributed by atoms with Crippen LogP contribution < -0.4 is 16.0 Å². The van der Waals surface area contributed by atoms with E-state index in [2.05, 4.69) is 16.0 Å². The molecule has 3 saturated heterocycles. The molecule has 1 spiro atoms. The van der Waals surface area contributed by atoms with E-state index in [1.165, 1.54) is 83.5 Å².